The van der Waals surface area contributed by atoms with Gasteiger partial charge < -0.3 is 0 Å². The molecule has 0 radical (unpaired) electrons. The van der Waals surface area contributed by atoms with Crippen LogP contribution in [0.2, 0.25) is 0 Å². The summed E-state index contributed by atoms with van der Waals surface area (Å²) >= 11 is 6.96. The first-order valence-electron chi connectivity index (χ1n) is 3.42. The Labute approximate surface area is 87.5 Å². The number of hydrogen-bond donors (Lipinski definition) is 0. The first-order valence-corrected chi connectivity index (χ1v) is 6.86. The molecule has 0 unspecified atom stereocenters. The summed E-state index contributed by atoms with van der Waals surface area (Å²) in [5.41, 5.74) is 1.27. The van der Waals surface area contributed by atoms with Gasteiger partial charge >= 0.3 is 0 Å². The maximum absolute atomic E-state index is 5.18. The van der Waals surface area contributed by atoms with E-state index in [9.17, 15) is 0 Å². The van der Waals surface area contributed by atoms with Crippen LogP contribution in [-0.4, -0.2) is 0 Å². The van der Waals surface area contributed by atoms with Gasteiger partial charge in [0.05, 0.1) is 4.88 Å². The summed E-state index contributed by atoms with van der Waals surface area (Å²) in [5.74, 6) is 0. The third-order valence-electron chi connectivity index (χ3n) is 1.59. The molecule has 2 heterocycles. The molecule has 0 N–H and O–H groups in total. The van der Waals surface area contributed by atoms with E-state index in [1.807, 2.05) is 0 Å². The molecule has 0 bridgehead atoms. The van der Waals surface area contributed by atoms with Crippen LogP contribution in [0.1, 0.15) is 5.56 Å². The number of rotatable bonds is 1. The van der Waals surface area contributed by atoms with Crippen molar-refractivity contribution in [1.82, 2.24) is 0 Å². The third-order valence-corrected chi connectivity index (χ3v) is 5.97. The van der Waals surface area contributed by atoms with Gasteiger partial charge in [-0.05, 0) is 23.9 Å². The fourth-order valence-corrected chi connectivity index (χ4v) is 4.88. The van der Waals surface area contributed by atoms with Crippen LogP contribution in [0.5, 0.6) is 0 Å². The highest BCUT2D eigenvalue weighted by molar-refractivity contribution is 7.80. The minimum Gasteiger partial charge on any atom is -0.143 e. The average Bonchev–Trinajstić information content (AvgIpc) is 2.64. The molecule has 62 valence electrons. The molecule has 0 amide bonds. The fourth-order valence-electron chi connectivity index (χ4n) is 0.931. The zero-order valence-electron chi connectivity index (χ0n) is 6.37. The summed E-state index contributed by atoms with van der Waals surface area (Å²) in [4.78, 5) is 2.69. The van der Waals surface area contributed by atoms with Crippen molar-refractivity contribution in [2.45, 2.75) is 6.92 Å². The minimum atomic E-state index is 1.03. The van der Waals surface area contributed by atoms with Gasteiger partial charge in [0, 0.05) is 4.88 Å². The van der Waals surface area contributed by atoms with Crippen molar-refractivity contribution >= 4 is 44.2 Å². The molecule has 0 fully saturated rings. The van der Waals surface area contributed by atoms with E-state index in [1.54, 1.807) is 32.0 Å². The average molecular weight is 230 g/mol. The second kappa shape index (κ2) is 3.38. The van der Waals surface area contributed by atoms with Crippen LogP contribution < -0.4 is 0 Å². The Morgan fingerprint density at radius 2 is 2.17 bits per heavy atom. The van der Waals surface area contributed by atoms with Crippen LogP contribution in [0.15, 0.2) is 17.5 Å². The van der Waals surface area contributed by atoms with Gasteiger partial charge in [0.15, 0.2) is 0 Å². The van der Waals surface area contributed by atoms with Gasteiger partial charge in [0.1, 0.15) is 3.82 Å². The monoisotopic (exact) mass is 230 g/mol. The van der Waals surface area contributed by atoms with Crippen LogP contribution in [-0.2, 0) is 0 Å². The lowest BCUT2D eigenvalue weighted by molar-refractivity contribution is 1.56. The van der Waals surface area contributed by atoms with Crippen LogP contribution in [0.25, 0.3) is 9.75 Å². The molecular formula is C8H6S4. The summed E-state index contributed by atoms with van der Waals surface area (Å²) < 4.78 is 1.03. The summed E-state index contributed by atoms with van der Waals surface area (Å²) in [6.07, 6.45) is 0. The molecule has 2 aromatic heterocycles. The molecule has 0 atom stereocenters. The van der Waals surface area contributed by atoms with E-state index in [0.717, 1.165) is 3.82 Å². The summed E-state index contributed by atoms with van der Waals surface area (Å²) in [6, 6.07) is 4.22. The summed E-state index contributed by atoms with van der Waals surface area (Å²) in [6.45, 7) is 2.10. The second-order valence-electron chi connectivity index (χ2n) is 2.39. The standard InChI is InChI=1S/C8H6S4/c1-5-7(11-12-8(5)9)6-3-2-4-10-6/h2-4H,1H3. The van der Waals surface area contributed by atoms with Crippen molar-refractivity contribution in [3.05, 3.63) is 26.9 Å². The predicted molar refractivity (Wildman–Crippen MR) is 61.1 cm³/mol. The molecule has 4 heteroatoms. The van der Waals surface area contributed by atoms with E-state index < -0.39 is 0 Å². The maximum atomic E-state index is 5.18. The van der Waals surface area contributed by atoms with E-state index in [4.69, 9.17) is 12.2 Å². The Kier molecular flexibility index (Phi) is 2.41. The molecule has 0 aliphatic rings. The van der Waals surface area contributed by atoms with E-state index >= 15 is 0 Å². The minimum absolute atomic E-state index is 1.03. The van der Waals surface area contributed by atoms with Crippen molar-refractivity contribution < 1.29 is 0 Å². The van der Waals surface area contributed by atoms with E-state index in [2.05, 4.69) is 24.4 Å². The largest absolute Gasteiger partial charge is 0.143 e. The maximum Gasteiger partial charge on any atom is 0.105 e. The SMILES string of the molecule is Cc1c(-c2cccs2)ssc1=S. The van der Waals surface area contributed by atoms with Gasteiger partial charge in [-0.15, -0.1) is 11.3 Å². The van der Waals surface area contributed by atoms with E-state index in [1.165, 1.54) is 15.3 Å². The molecule has 2 rings (SSSR count). The number of hydrogen-bond acceptors (Lipinski definition) is 4. The zero-order valence-corrected chi connectivity index (χ0v) is 9.63. The van der Waals surface area contributed by atoms with Crippen molar-refractivity contribution in [1.29, 1.82) is 0 Å². The number of thiophene rings is 1. The van der Waals surface area contributed by atoms with Crippen LogP contribution in [0.4, 0.5) is 0 Å². The van der Waals surface area contributed by atoms with Gasteiger partial charge in [-0.1, -0.05) is 39.0 Å². The molecule has 0 aliphatic carbocycles. The van der Waals surface area contributed by atoms with Gasteiger partial charge in [-0.2, -0.15) is 0 Å². The first-order chi connectivity index (χ1) is 5.79. The molecule has 0 spiro atoms. The van der Waals surface area contributed by atoms with Crippen molar-refractivity contribution in [3.63, 3.8) is 0 Å². The second-order valence-corrected chi connectivity index (χ2v) is 6.15. The molecule has 0 saturated carbocycles. The lowest BCUT2D eigenvalue weighted by Crippen LogP contribution is -1.68. The van der Waals surface area contributed by atoms with Crippen molar-refractivity contribution in [2.75, 3.05) is 0 Å². The molecule has 12 heavy (non-hydrogen) atoms. The molecule has 2 aromatic rings. The van der Waals surface area contributed by atoms with Crippen LogP contribution in [0.3, 0.4) is 0 Å². The lowest BCUT2D eigenvalue weighted by Gasteiger charge is -1.90. The van der Waals surface area contributed by atoms with Crippen LogP contribution >= 0.6 is 44.2 Å². The van der Waals surface area contributed by atoms with Gasteiger partial charge in [-0.3, -0.25) is 0 Å². The van der Waals surface area contributed by atoms with Crippen molar-refractivity contribution in [2.24, 2.45) is 0 Å². The lowest BCUT2D eigenvalue weighted by atomic mass is 10.3. The van der Waals surface area contributed by atoms with Gasteiger partial charge in [0.25, 0.3) is 0 Å². The molecule has 0 saturated heterocycles. The van der Waals surface area contributed by atoms with E-state index in [0.29, 0.717) is 0 Å². The van der Waals surface area contributed by atoms with Crippen LogP contribution in [0, 0.1) is 10.7 Å². The summed E-state index contributed by atoms with van der Waals surface area (Å²) in [5, 5.41) is 2.10. The van der Waals surface area contributed by atoms with Gasteiger partial charge in [0.2, 0.25) is 0 Å². The van der Waals surface area contributed by atoms with E-state index in [-0.39, 0.29) is 0 Å². The quantitative estimate of drug-likeness (QED) is 0.510. The predicted octanol–water partition coefficient (Wildman–Crippen LogP) is 4.58. The molecule has 0 aliphatic heterocycles. The topological polar surface area (TPSA) is 0 Å². The Balaban J connectivity index is 2.62. The highest BCUT2D eigenvalue weighted by Crippen LogP contribution is 2.36. The van der Waals surface area contributed by atoms with Gasteiger partial charge in [-0.25, -0.2) is 0 Å². The fraction of sp³-hybridized carbons (Fsp3) is 0.125. The Morgan fingerprint density at radius 1 is 1.33 bits per heavy atom. The normalized spacial score (nSPS) is 10.4. The smallest absolute Gasteiger partial charge is 0.105 e. The zero-order chi connectivity index (χ0) is 8.55. The molecular weight excluding hydrogens is 224 g/mol. The highest BCUT2D eigenvalue weighted by atomic mass is 32.9. The highest BCUT2D eigenvalue weighted by Gasteiger charge is 2.06. The Bertz CT molecular complexity index is 418. The Hall–Kier alpha value is -0.0300. The Morgan fingerprint density at radius 3 is 2.67 bits per heavy atom. The van der Waals surface area contributed by atoms with Crippen molar-refractivity contribution in [3.8, 4) is 9.75 Å². The molecule has 0 aromatic carbocycles. The molecule has 0 nitrogen and oxygen atoms in total. The first kappa shape index (κ1) is 8.56. The third kappa shape index (κ3) is 1.40. The summed E-state index contributed by atoms with van der Waals surface area (Å²) in [7, 11) is 3.47.